The van der Waals surface area contributed by atoms with Crippen LogP contribution in [0.3, 0.4) is 0 Å². The SMILES string of the molecule is O=c1nc2c(cnn2-c2ccccc2)c2n1CCN2. The topological polar surface area (TPSA) is 64.7 Å². The molecule has 1 aliphatic rings. The van der Waals surface area contributed by atoms with E-state index in [1.807, 2.05) is 30.3 Å². The molecule has 0 saturated heterocycles. The Balaban J connectivity index is 2.06. The number of anilines is 1. The maximum Gasteiger partial charge on any atom is 0.351 e. The smallest absolute Gasteiger partial charge is 0.351 e. The Hall–Kier alpha value is -2.63. The van der Waals surface area contributed by atoms with Gasteiger partial charge in [-0.15, -0.1) is 0 Å². The molecule has 1 N–H and O–H groups in total. The first kappa shape index (κ1) is 10.3. The second-order valence-electron chi connectivity index (χ2n) is 4.45. The minimum Gasteiger partial charge on any atom is -0.369 e. The van der Waals surface area contributed by atoms with E-state index < -0.39 is 0 Å². The summed E-state index contributed by atoms with van der Waals surface area (Å²) in [5, 5.41) is 8.44. The van der Waals surface area contributed by atoms with Crippen LogP contribution in [0.4, 0.5) is 5.82 Å². The number of rotatable bonds is 1. The zero-order valence-corrected chi connectivity index (χ0v) is 10.1. The molecule has 0 unspecified atom stereocenters. The normalized spacial score (nSPS) is 13.5. The third-order valence-corrected chi connectivity index (χ3v) is 3.33. The van der Waals surface area contributed by atoms with E-state index in [0.29, 0.717) is 12.2 Å². The summed E-state index contributed by atoms with van der Waals surface area (Å²) in [6.07, 6.45) is 1.75. The average molecular weight is 253 g/mol. The summed E-state index contributed by atoms with van der Waals surface area (Å²) in [7, 11) is 0. The molecular weight excluding hydrogens is 242 g/mol. The quantitative estimate of drug-likeness (QED) is 0.703. The Bertz CT molecular complexity index is 818. The molecule has 4 rings (SSSR count). The van der Waals surface area contributed by atoms with Gasteiger partial charge in [-0.05, 0) is 12.1 Å². The van der Waals surface area contributed by atoms with E-state index in [1.54, 1.807) is 15.4 Å². The molecule has 6 nitrogen and oxygen atoms in total. The first-order chi connectivity index (χ1) is 9.34. The van der Waals surface area contributed by atoms with E-state index >= 15 is 0 Å². The van der Waals surface area contributed by atoms with Gasteiger partial charge in [-0.3, -0.25) is 4.57 Å². The van der Waals surface area contributed by atoms with Gasteiger partial charge in [0.25, 0.3) is 0 Å². The number of hydrogen-bond acceptors (Lipinski definition) is 4. The highest BCUT2D eigenvalue weighted by molar-refractivity contribution is 5.88. The van der Waals surface area contributed by atoms with Crippen LogP contribution in [0, 0.1) is 0 Å². The van der Waals surface area contributed by atoms with Gasteiger partial charge in [0.1, 0.15) is 5.82 Å². The Kier molecular flexibility index (Phi) is 2.00. The molecular formula is C13H11N5O. The summed E-state index contributed by atoms with van der Waals surface area (Å²) in [5.74, 6) is 0.817. The van der Waals surface area contributed by atoms with Crippen LogP contribution >= 0.6 is 0 Å². The Morgan fingerprint density at radius 3 is 2.89 bits per heavy atom. The van der Waals surface area contributed by atoms with Crippen LogP contribution in [-0.2, 0) is 6.54 Å². The molecule has 3 aromatic rings. The molecule has 0 spiro atoms. The zero-order valence-electron chi connectivity index (χ0n) is 10.1. The molecule has 0 amide bonds. The maximum absolute atomic E-state index is 12.0. The highest BCUT2D eigenvalue weighted by Crippen LogP contribution is 2.24. The van der Waals surface area contributed by atoms with E-state index in [1.165, 1.54) is 0 Å². The third-order valence-electron chi connectivity index (χ3n) is 3.33. The van der Waals surface area contributed by atoms with Gasteiger partial charge < -0.3 is 5.32 Å². The van der Waals surface area contributed by atoms with Crippen LogP contribution in [0.25, 0.3) is 16.7 Å². The van der Waals surface area contributed by atoms with Gasteiger partial charge >= 0.3 is 5.69 Å². The molecule has 3 heterocycles. The molecule has 94 valence electrons. The lowest BCUT2D eigenvalue weighted by molar-refractivity contribution is 0.746. The second kappa shape index (κ2) is 3.68. The van der Waals surface area contributed by atoms with E-state index in [0.717, 1.165) is 23.4 Å². The van der Waals surface area contributed by atoms with Crippen molar-refractivity contribution in [2.75, 3.05) is 11.9 Å². The molecule has 0 aliphatic carbocycles. The van der Waals surface area contributed by atoms with Gasteiger partial charge in [0.05, 0.1) is 17.3 Å². The molecule has 19 heavy (non-hydrogen) atoms. The fourth-order valence-corrected chi connectivity index (χ4v) is 2.45. The molecule has 0 atom stereocenters. The van der Waals surface area contributed by atoms with Crippen molar-refractivity contribution in [1.29, 1.82) is 0 Å². The number of benzene rings is 1. The lowest BCUT2D eigenvalue weighted by atomic mass is 10.3. The Morgan fingerprint density at radius 2 is 2.05 bits per heavy atom. The maximum atomic E-state index is 12.0. The monoisotopic (exact) mass is 253 g/mol. The highest BCUT2D eigenvalue weighted by Gasteiger charge is 2.19. The van der Waals surface area contributed by atoms with E-state index in [9.17, 15) is 4.79 Å². The van der Waals surface area contributed by atoms with Crippen LogP contribution in [0.15, 0.2) is 41.3 Å². The molecule has 1 aliphatic heterocycles. The molecule has 6 heteroatoms. The first-order valence-electron chi connectivity index (χ1n) is 6.12. The number of para-hydroxylation sites is 1. The van der Waals surface area contributed by atoms with Gasteiger partial charge in [0.2, 0.25) is 0 Å². The molecule has 0 radical (unpaired) electrons. The Labute approximate surface area is 108 Å². The number of aromatic nitrogens is 4. The van der Waals surface area contributed by atoms with Crippen LogP contribution in [0.5, 0.6) is 0 Å². The van der Waals surface area contributed by atoms with Gasteiger partial charge in [-0.25, -0.2) is 9.48 Å². The van der Waals surface area contributed by atoms with Gasteiger partial charge in [-0.2, -0.15) is 10.1 Å². The second-order valence-corrected chi connectivity index (χ2v) is 4.45. The lowest BCUT2D eigenvalue weighted by Gasteiger charge is -2.04. The van der Waals surface area contributed by atoms with Crippen LogP contribution in [-0.4, -0.2) is 25.9 Å². The van der Waals surface area contributed by atoms with Crippen LogP contribution < -0.4 is 11.0 Å². The summed E-state index contributed by atoms with van der Waals surface area (Å²) in [6, 6.07) is 9.68. The van der Waals surface area contributed by atoms with Crippen molar-refractivity contribution in [3.63, 3.8) is 0 Å². The highest BCUT2D eigenvalue weighted by atomic mass is 16.1. The molecule has 0 bridgehead atoms. The zero-order chi connectivity index (χ0) is 12.8. The predicted molar refractivity (Wildman–Crippen MR) is 71.6 cm³/mol. The number of hydrogen-bond donors (Lipinski definition) is 1. The number of fused-ring (bicyclic) bond motifs is 3. The van der Waals surface area contributed by atoms with Gasteiger partial charge in [-0.1, -0.05) is 18.2 Å². The van der Waals surface area contributed by atoms with Crippen molar-refractivity contribution in [3.8, 4) is 5.69 Å². The predicted octanol–water partition coefficient (Wildman–Crippen LogP) is 1.01. The van der Waals surface area contributed by atoms with E-state index in [-0.39, 0.29) is 5.69 Å². The summed E-state index contributed by atoms with van der Waals surface area (Å²) in [5.41, 5.74) is 1.26. The Morgan fingerprint density at radius 1 is 1.21 bits per heavy atom. The van der Waals surface area contributed by atoms with Crippen molar-refractivity contribution in [1.82, 2.24) is 19.3 Å². The lowest BCUT2D eigenvalue weighted by Crippen LogP contribution is -2.21. The third kappa shape index (κ3) is 1.40. The van der Waals surface area contributed by atoms with Crippen LogP contribution in [0.2, 0.25) is 0 Å². The summed E-state index contributed by atoms with van der Waals surface area (Å²) in [6.45, 7) is 1.42. The number of nitrogens with one attached hydrogen (secondary N) is 1. The van der Waals surface area contributed by atoms with Crippen molar-refractivity contribution in [2.24, 2.45) is 0 Å². The minimum absolute atomic E-state index is 0.231. The fraction of sp³-hybridized carbons (Fsp3) is 0.154. The van der Waals surface area contributed by atoms with E-state index in [4.69, 9.17) is 0 Å². The minimum atomic E-state index is -0.231. The largest absolute Gasteiger partial charge is 0.369 e. The summed E-state index contributed by atoms with van der Waals surface area (Å²) in [4.78, 5) is 16.1. The van der Waals surface area contributed by atoms with Crippen molar-refractivity contribution in [2.45, 2.75) is 6.54 Å². The molecule has 0 saturated carbocycles. The molecule has 0 fully saturated rings. The standard InChI is InChI=1S/C13H11N5O/c19-13-16-12-10(11-14-6-7-17(11)13)8-15-18(12)9-4-2-1-3-5-9/h1-5,8,14H,6-7H2. The van der Waals surface area contributed by atoms with Gasteiger partial charge in [0.15, 0.2) is 5.65 Å². The summed E-state index contributed by atoms with van der Waals surface area (Å²) < 4.78 is 3.34. The number of nitrogens with zero attached hydrogens (tertiary/aromatic N) is 4. The molecule has 1 aromatic carbocycles. The van der Waals surface area contributed by atoms with Crippen molar-refractivity contribution in [3.05, 3.63) is 47.0 Å². The first-order valence-corrected chi connectivity index (χ1v) is 6.12. The average Bonchev–Trinajstić information content (AvgIpc) is 3.05. The van der Waals surface area contributed by atoms with Crippen molar-refractivity contribution >= 4 is 16.9 Å². The van der Waals surface area contributed by atoms with Crippen molar-refractivity contribution < 1.29 is 0 Å². The van der Waals surface area contributed by atoms with Crippen LogP contribution in [0.1, 0.15) is 0 Å². The summed E-state index contributed by atoms with van der Waals surface area (Å²) >= 11 is 0. The van der Waals surface area contributed by atoms with E-state index in [2.05, 4.69) is 15.4 Å². The fourth-order valence-electron chi connectivity index (χ4n) is 2.45. The molecule has 2 aromatic heterocycles. The van der Waals surface area contributed by atoms with Gasteiger partial charge in [0, 0.05) is 13.1 Å².